The van der Waals surface area contributed by atoms with Gasteiger partial charge >= 0.3 is 0 Å². The van der Waals surface area contributed by atoms with Gasteiger partial charge in [-0.15, -0.1) is 0 Å². The Bertz CT molecular complexity index is 323. The van der Waals surface area contributed by atoms with E-state index >= 15 is 0 Å². The predicted molar refractivity (Wildman–Crippen MR) is 53.0 cm³/mol. The highest BCUT2D eigenvalue weighted by Crippen LogP contribution is 2.09. The van der Waals surface area contributed by atoms with Crippen molar-refractivity contribution in [3.63, 3.8) is 0 Å². The lowest BCUT2D eigenvalue weighted by atomic mass is 10.2. The van der Waals surface area contributed by atoms with Crippen LogP contribution in [0.2, 0.25) is 0 Å². The summed E-state index contributed by atoms with van der Waals surface area (Å²) in [5.74, 6) is 0.696. The molecule has 1 saturated heterocycles. The highest BCUT2D eigenvalue weighted by Gasteiger charge is 2.27. The van der Waals surface area contributed by atoms with Gasteiger partial charge in [-0.2, -0.15) is 0 Å². The second kappa shape index (κ2) is 4.46. The molecular weight excluding hydrogens is 196 g/mol. The molecule has 2 heterocycles. The minimum atomic E-state index is -0.464. The molecule has 82 valence electrons. The lowest BCUT2D eigenvalue weighted by Gasteiger charge is -2.31. The van der Waals surface area contributed by atoms with Crippen molar-refractivity contribution in [2.75, 3.05) is 19.7 Å². The van der Waals surface area contributed by atoms with Crippen molar-refractivity contribution >= 4 is 5.91 Å². The van der Waals surface area contributed by atoms with Gasteiger partial charge in [0.2, 0.25) is 5.91 Å². The summed E-state index contributed by atoms with van der Waals surface area (Å²) in [4.78, 5) is 13.4. The Hall–Kier alpha value is -1.33. The number of rotatable bonds is 3. The largest absolute Gasteiger partial charge is 0.467 e. The van der Waals surface area contributed by atoms with Crippen LogP contribution in [0.3, 0.4) is 0 Å². The molecule has 5 heteroatoms. The predicted octanol–water partition coefficient (Wildman–Crippen LogP) is -0.428. The third-order valence-corrected chi connectivity index (χ3v) is 2.49. The summed E-state index contributed by atoms with van der Waals surface area (Å²) in [6, 6.07) is 3.17. The van der Waals surface area contributed by atoms with Crippen molar-refractivity contribution in [1.82, 2.24) is 10.2 Å². The minimum absolute atomic E-state index is 0.0693. The first kappa shape index (κ1) is 10.2. The Kier molecular flexibility index (Phi) is 3.03. The number of hydrogen-bond acceptors (Lipinski definition) is 4. The number of aliphatic hydroxyl groups excluding tert-OH is 1. The van der Waals surface area contributed by atoms with Crippen LogP contribution in [0.5, 0.6) is 0 Å². The number of carbonyl (C=O) groups excluding carboxylic acids is 1. The maximum atomic E-state index is 11.7. The number of carbonyl (C=O) groups is 1. The van der Waals surface area contributed by atoms with E-state index in [-0.39, 0.29) is 12.5 Å². The molecule has 0 radical (unpaired) electrons. The zero-order valence-corrected chi connectivity index (χ0v) is 8.35. The second-order valence-corrected chi connectivity index (χ2v) is 3.53. The first-order valence-corrected chi connectivity index (χ1v) is 4.96. The number of hydrogen-bond donors (Lipinski definition) is 2. The fourth-order valence-electron chi connectivity index (χ4n) is 1.68. The van der Waals surface area contributed by atoms with Gasteiger partial charge in [-0.05, 0) is 12.1 Å². The lowest BCUT2D eigenvalue weighted by molar-refractivity contribution is -0.137. The van der Waals surface area contributed by atoms with Crippen LogP contribution in [0.15, 0.2) is 22.8 Å². The van der Waals surface area contributed by atoms with Crippen LogP contribution in [-0.2, 0) is 11.3 Å². The van der Waals surface area contributed by atoms with Crippen molar-refractivity contribution in [3.05, 3.63) is 24.2 Å². The maximum absolute atomic E-state index is 11.7. The number of amides is 1. The molecule has 1 unspecified atom stereocenters. The van der Waals surface area contributed by atoms with E-state index in [1.54, 1.807) is 17.2 Å². The molecule has 1 aliphatic heterocycles. The summed E-state index contributed by atoms with van der Waals surface area (Å²) in [6.07, 6.45) is 1.59. The van der Waals surface area contributed by atoms with Crippen LogP contribution < -0.4 is 5.32 Å². The van der Waals surface area contributed by atoms with Gasteiger partial charge in [-0.1, -0.05) is 0 Å². The van der Waals surface area contributed by atoms with E-state index in [0.717, 1.165) is 5.76 Å². The average molecular weight is 210 g/mol. The first-order chi connectivity index (χ1) is 7.31. The minimum Gasteiger partial charge on any atom is -0.467 e. The molecule has 1 amide bonds. The lowest BCUT2D eigenvalue weighted by Crippen LogP contribution is -2.56. The van der Waals surface area contributed by atoms with Gasteiger partial charge in [-0.25, -0.2) is 0 Å². The van der Waals surface area contributed by atoms with E-state index in [1.165, 1.54) is 0 Å². The van der Waals surface area contributed by atoms with Crippen LogP contribution in [-0.4, -0.2) is 41.7 Å². The average Bonchev–Trinajstić information content (AvgIpc) is 2.74. The van der Waals surface area contributed by atoms with Gasteiger partial charge in [0.15, 0.2) is 0 Å². The second-order valence-electron chi connectivity index (χ2n) is 3.53. The quantitative estimate of drug-likeness (QED) is 0.710. The van der Waals surface area contributed by atoms with Crippen LogP contribution in [0, 0.1) is 0 Å². The number of nitrogens with one attached hydrogen (secondary N) is 1. The summed E-state index contributed by atoms with van der Waals surface area (Å²) in [5, 5.41) is 11.9. The van der Waals surface area contributed by atoms with Crippen LogP contribution in [0.4, 0.5) is 0 Å². The number of furan rings is 1. The molecular formula is C10H14N2O3. The Morgan fingerprint density at radius 1 is 1.67 bits per heavy atom. The topological polar surface area (TPSA) is 65.7 Å². The molecule has 15 heavy (non-hydrogen) atoms. The zero-order chi connectivity index (χ0) is 10.7. The van der Waals surface area contributed by atoms with E-state index in [0.29, 0.717) is 19.6 Å². The molecule has 1 aromatic heterocycles. The third kappa shape index (κ3) is 2.19. The highest BCUT2D eigenvalue weighted by atomic mass is 16.3. The molecule has 0 saturated carbocycles. The van der Waals surface area contributed by atoms with Crippen LogP contribution in [0.1, 0.15) is 5.76 Å². The van der Waals surface area contributed by atoms with Gasteiger partial charge in [0.1, 0.15) is 11.8 Å². The molecule has 0 aliphatic carbocycles. The highest BCUT2D eigenvalue weighted by molar-refractivity contribution is 5.82. The van der Waals surface area contributed by atoms with Crippen molar-refractivity contribution in [2.45, 2.75) is 12.6 Å². The van der Waals surface area contributed by atoms with Crippen LogP contribution >= 0.6 is 0 Å². The first-order valence-electron chi connectivity index (χ1n) is 4.96. The molecule has 0 aromatic carbocycles. The van der Waals surface area contributed by atoms with E-state index in [1.807, 2.05) is 6.07 Å². The standard InChI is InChI=1S/C10H14N2O3/c13-7-9-10(14)12(4-3-11-9)6-8-2-1-5-15-8/h1-2,5,9,11,13H,3-4,6-7H2. The Morgan fingerprint density at radius 2 is 2.53 bits per heavy atom. The van der Waals surface area contributed by atoms with Gasteiger partial charge in [-0.3, -0.25) is 4.79 Å². The summed E-state index contributed by atoms with van der Waals surface area (Å²) in [7, 11) is 0. The molecule has 1 aromatic rings. The fourth-order valence-corrected chi connectivity index (χ4v) is 1.68. The summed E-state index contributed by atoms with van der Waals surface area (Å²) >= 11 is 0. The Balaban J connectivity index is 1.99. The monoisotopic (exact) mass is 210 g/mol. The molecule has 0 spiro atoms. The van der Waals surface area contributed by atoms with E-state index < -0.39 is 6.04 Å². The van der Waals surface area contributed by atoms with Crippen molar-refractivity contribution in [3.8, 4) is 0 Å². The third-order valence-electron chi connectivity index (χ3n) is 2.49. The van der Waals surface area contributed by atoms with Gasteiger partial charge in [0, 0.05) is 13.1 Å². The Labute approximate surface area is 87.7 Å². The number of nitrogens with zero attached hydrogens (tertiary/aromatic N) is 1. The number of aliphatic hydroxyl groups is 1. The smallest absolute Gasteiger partial charge is 0.242 e. The molecule has 2 rings (SSSR count). The van der Waals surface area contributed by atoms with E-state index in [2.05, 4.69) is 5.32 Å². The SMILES string of the molecule is O=C1C(CO)NCCN1Cc1ccco1. The zero-order valence-electron chi connectivity index (χ0n) is 8.35. The van der Waals surface area contributed by atoms with E-state index in [4.69, 9.17) is 9.52 Å². The fraction of sp³-hybridized carbons (Fsp3) is 0.500. The van der Waals surface area contributed by atoms with Gasteiger partial charge in [0.25, 0.3) is 0 Å². The molecule has 0 bridgehead atoms. The molecule has 1 fully saturated rings. The van der Waals surface area contributed by atoms with Crippen molar-refractivity contribution in [2.24, 2.45) is 0 Å². The molecule has 2 N–H and O–H groups in total. The molecule has 1 atom stereocenters. The number of piperazine rings is 1. The van der Waals surface area contributed by atoms with Gasteiger partial charge < -0.3 is 19.7 Å². The van der Waals surface area contributed by atoms with Gasteiger partial charge in [0.05, 0.1) is 19.4 Å². The summed E-state index contributed by atoms with van der Waals surface area (Å²) in [6.45, 7) is 1.67. The van der Waals surface area contributed by atoms with E-state index in [9.17, 15) is 4.79 Å². The van der Waals surface area contributed by atoms with Crippen molar-refractivity contribution in [1.29, 1.82) is 0 Å². The molecule has 5 nitrogen and oxygen atoms in total. The molecule has 1 aliphatic rings. The van der Waals surface area contributed by atoms with Crippen molar-refractivity contribution < 1.29 is 14.3 Å². The summed E-state index contributed by atoms with van der Waals surface area (Å²) in [5.41, 5.74) is 0. The maximum Gasteiger partial charge on any atom is 0.242 e. The van der Waals surface area contributed by atoms with Crippen LogP contribution in [0.25, 0.3) is 0 Å². The Morgan fingerprint density at radius 3 is 3.20 bits per heavy atom. The normalized spacial score (nSPS) is 22.1. The summed E-state index contributed by atoms with van der Waals surface area (Å²) < 4.78 is 5.18.